The van der Waals surface area contributed by atoms with Gasteiger partial charge >= 0.3 is 5.97 Å². The zero-order valence-electron chi connectivity index (χ0n) is 10.1. The number of nitrogens with zero attached hydrogens (tertiary/aromatic N) is 1. The zero-order chi connectivity index (χ0) is 12.2. The number of likely N-dealkylation sites (N-methyl/N-ethyl adjacent to an activating group) is 1. The first-order valence-corrected chi connectivity index (χ1v) is 6.41. The van der Waals surface area contributed by atoms with Gasteiger partial charge in [-0.05, 0) is 31.3 Å². The summed E-state index contributed by atoms with van der Waals surface area (Å²) in [6, 6.07) is 4.03. The Hall–Kier alpha value is -0.870. The molecule has 0 bridgehead atoms. The van der Waals surface area contributed by atoms with Crippen molar-refractivity contribution in [2.75, 3.05) is 7.05 Å². The molecule has 4 heteroatoms. The van der Waals surface area contributed by atoms with E-state index in [2.05, 4.69) is 0 Å². The van der Waals surface area contributed by atoms with Gasteiger partial charge in [0.25, 0.3) is 0 Å². The smallest absolute Gasteiger partial charge is 0.324 e. The Morgan fingerprint density at radius 3 is 2.50 bits per heavy atom. The van der Waals surface area contributed by atoms with Crippen molar-refractivity contribution in [1.29, 1.82) is 0 Å². The van der Waals surface area contributed by atoms with Gasteiger partial charge in [-0.2, -0.15) is 0 Å². The molecule has 0 aliphatic rings. The minimum atomic E-state index is -0.732. The van der Waals surface area contributed by atoms with Crippen LogP contribution in [0.25, 0.3) is 0 Å². The van der Waals surface area contributed by atoms with Crippen LogP contribution < -0.4 is 0 Å². The van der Waals surface area contributed by atoms with Crippen LogP contribution in [0, 0.1) is 0 Å². The molecule has 0 aliphatic heterocycles. The number of hydrogen-bond donors (Lipinski definition) is 1. The standard InChI is InChI=1S/C12H19NO2S/c1-4-12(5-2,11(14)15)13(3)9-10-7-6-8-16-10/h6-8H,4-5,9H2,1-3H3,(H,14,15). The average molecular weight is 241 g/mol. The molecule has 0 spiro atoms. The van der Waals surface area contributed by atoms with Crippen LogP contribution in [0.3, 0.4) is 0 Å². The van der Waals surface area contributed by atoms with Crippen molar-refractivity contribution in [2.24, 2.45) is 0 Å². The van der Waals surface area contributed by atoms with Gasteiger partial charge in [0, 0.05) is 11.4 Å². The SMILES string of the molecule is CCC(CC)(C(=O)O)N(C)Cc1cccs1. The highest BCUT2D eigenvalue weighted by Gasteiger charge is 2.38. The molecule has 3 nitrogen and oxygen atoms in total. The molecule has 16 heavy (non-hydrogen) atoms. The van der Waals surface area contributed by atoms with Crippen LogP contribution in [-0.2, 0) is 11.3 Å². The lowest BCUT2D eigenvalue weighted by atomic mass is 9.91. The molecule has 0 aliphatic carbocycles. The zero-order valence-corrected chi connectivity index (χ0v) is 10.9. The molecular weight excluding hydrogens is 222 g/mol. The Kier molecular flexibility index (Phi) is 4.50. The summed E-state index contributed by atoms with van der Waals surface area (Å²) < 4.78 is 0. The predicted molar refractivity (Wildman–Crippen MR) is 66.7 cm³/mol. The van der Waals surface area contributed by atoms with E-state index in [4.69, 9.17) is 0 Å². The molecule has 1 aromatic heterocycles. The highest BCUT2D eigenvalue weighted by Crippen LogP contribution is 2.25. The van der Waals surface area contributed by atoms with Crippen LogP contribution >= 0.6 is 11.3 Å². The molecule has 90 valence electrons. The number of carbonyl (C=O) groups is 1. The summed E-state index contributed by atoms with van der Waals surface area (Å²) in [5, 5.41) is 11.4. The van der Waals surface area contributed by atoms with E-state index in [-0.39, 0.29) is 0 Å². The third kappa shape index (κ3) is 2.44. The van der Waals surface area contributed by atoms with Crippen LogP contribution in [0.2, 0.25) is 0 Å². The van der Waals surface area contributed by atoms with E-state index in [1.165, 1.54) is 4.88 Å². The molecule has 0 amide bonds. The fraction of sp³-hybridized carbons (Fsp3) is 0.583. The monoisotopic (exact) mass is 241 g/mol. The highest BCUT2D eigenvalue weighted by atomic mass is 32.1. The second-order valence-corrected chi connectivity index (χ2v) is 5.01. The molecule has 0 radical (unpaired) electrons. The van der Waals surface area contributed by atoms with E-state index in [9.17, 15) is 9.90 Å². The van der Waals surface area contributed by atoms with Crippen LogP contribution in [0.4, 0.5) is 0 Å². The molecule has 0 atom stereocenters. The van der Waals surface area contributed by atoms with Gasteiger partial charge in [0.1, 0.15) is 5.54 Å². The fourth-order valence-corrected chi connectivity index (χ4v) is 2.80. The van der Waals surface area contributed by atoms with Gasteiger partial charge in [-0.3, -0.25) is 9.69 Å². The summed E-state index contributed by atoms with van der Waals surface area (Å²) in [4.78, 5) is 14.6. The van der Waals surface area contributed by atoms with Crippen molar-refractivity contribution >= 4 is 17.3 Å². The van der Waals surface area contributed by atoms with Crippen LogP contribution in [-0.4, -0.2) is 28.6 Å². The van der Waals surface area contributed by atoms with Gasteiger partial charge in [-0.15, -0.1) is 11.3 Å². The van der Waals surface area contributed by atoms with E-state index in [0.29, 0.717) is 19.4 Å². The van der Waals surface area contributed by atoms with Crippen molar-refractivity contribution in [3.63, 3.8) is 0 Å². The Morgan fingerprint density at radius 2 is 2.12 bits per heavy atom. The maximum atomic E-state index is 11.4. The molecule has 0 unspecified atom stereocenters. The normalized spacial score (nSPS) is 12.0. The predicted octanol–water partition coefficient (Wildman–Crippen LogP) is 2.82. The Balaban J connectivity index is 2.83. The van der Waals surface area contributed by atoms with Gasteiger partial charge < -0.3 is 5.11 Å². The van der Waals surface area contributed by atoms with E-state index in [1.54, 1.807) is 11.3 Å². The third-order valence-corrected chi connectivity index (χ3v) is 4.13. The number of thiophene rings is 1. The summed E-state index contributed by atoms with van der Waals surface area (Å²) in [7, 11) is 1.89. The second-order valence-electron chi connectivity index (χ2n) is 3.98. The third-order valence-electron chi connectivity index (χ3n) is 3.27. The van der Waals surface area contributed by atoms with Gasteiger partial charge in [-0.25, -0.2) is 0 Å². The van der Waals surface area contributed by atoms with Gasteiger partial charge in [0.05, 0.1) is 0 Å². The summed E-state index contributed by atoms with van der Waals surface area (Å²) in [5.74, 6) is -0.725. The van der Waals surface area contributed by atoms with Crippen molar-refractivity contribution in [1.82, 2.24) is 4.90 Å². The van der Waals surface area contributed by atoms with Crippen LogP contribution in [0.15, 0.2) is 17.5 Å². The van der Waals surface area contributed by atoms with Crippen molar-refractivity contribution in [3.8, 4) is 0 Å². The topological polar surface area (TPSA) is 40.5 Å². The average Bonchev–Trinajstić information content (AvgIpc) is 2.72. The highest BCUT2D eigenvalue weighted by molar-refractivity contribution is 7.09. The molecular formula is C12H19NO2S. The number of aliphatic carboxylic acids is 1. The summed E-state index contributed by atoms with van der Waals surface area (Å²) >= 11 is 1.67. The second kappa shape index (κ2) is 5.46. The quantitative estimate of drug-likeness (QED) is 0.832. The molecule has 0 fully saturated rings. The van der Waals surface area contributed by atoms with Crippen molar-refractivity contribution in [2.45, 2.75) is 38.8 Å². The van der Waals surface area contributed by atoms with E-state index >= 15 is 0 Å². The molecule has 0 saturated heterocycles. The van der Waals surface area contributed by atoms with Crippen LogP contribution in [0.1, 0.15) is 31.6 Å². The first kappa shape index (κ1) is 13.2. The first-order valence-electron chi connectivity index (χ1n) is 5.53. The number of carboxylic acid groups (broad SMARTS) is 1. The largest absolute Gasteiger partial charge is 0.480 e. The molecule has 1 rings (SSSR count). The maximum absolute atomic E-state index is 11.4. The Bertz CT molecular complexity index is 331. The summed E-state index contributed by atoms with van der Waals surface area (Å²) in [5.41, 5.74) is -0.732. The van der Waals surface area contributed by atoms with Crippen molar-refractivity contribution in [3.05, 3.63) is 22.4 Å². The van der Waals surface area contributed by atoms with E-state index in [0.717, 1.165) is 0 Å². The number of hydrogen-bond acceptors (Lipinski definition) is 3. The summed E-state index contributed by atoms with van der Waals surface area (Å²) in [6.07, 6.45) is 1.25. The van der Waals surface area contributed by atoms with Gasteiger partial charge in [0.2, 0.25) is 0 Å². The molecule has 0 aromatic carbocycles. The van der Waals surface area contributed by atoms with E-state index in [1.807, 2.05) is 43.3 Å². The number of rotatable bonds is 6. The fourth-order valence-electron chi connectivity index (χ4n) is 2.04. The maximum Gasteiger partial charge on any atom is 0.324 e. The van der Waals surface area contributed by atoms with Crippen LogP contribution in [0.5, 0.6) is 0 Å². The summed E-state index contributed by atoms with van der Waals surface area (Å²) in [6.45, 7) is 4.57. The van der Waals surface area contributed by atoms with Gasteiger partial charge in [-0.1, -0.05) is 19.9 Å². The first-order chi connectivity index (χ1) is 7.56. The van der Waals surface area contributed by atoms with Gasteiger partial charge in [0.15, 0.2) is 0 Å². The van der Waals surface area contributed by atoms with Crippen molar-refractivity contribution < 1.29 is 9.90 Å². The minimum absolute atomic E-state index is 0.626. The molecule has 1 aromatic rings. The van der Waals surface area contributed by atoms with E-state index < -0.39 is 11.5 Å². The lowest BCUT2D eigenvalue weighted by Gasteiger charge is -2.36. The molecule has 0 saturated carbocycles. The lowest BCUT2D eigenvalue weighted by Crippen LogP contribution is -2.51. The Morgan fingerprint density at radius 1 is 1.50 bits per heavy atom. The lowest BCUT2D eigenvalue weighted by molar-refractivity contribution is -0.151. The minimum Gasteiger partial charge on any atom is -0.480 e. The number of carboxylic acids is 1. The Labute approximate surface area is 101 Å². The molecule has 1 N–H and O–H groups in total. The molecule has 1 heterocycles.